The second-order valence-electron chi connectivity index (χ2n) is 8.69. The molecule has 2 N–H and O–H groups in total. The van der Waals surface area contributed by atoms with Crippen LogP contribution in [0.3, 0.4) is 0 Å². The number of aryl methyl sites for hydroxylation is 2. The van der Waals surface area contributed by atoms with Crippen LogP contribution in [0.2, 0.25) is 0 Å². The van der Waals surface area contributed by atoms with Gasteiger partial charge in [0.15, 0.2) is 5.82 Å². The Bertz CT molecular complexity index is 1120. The molecule has 0 aliphatic carbocycles. The zero-order valence-electron chi connectivity index (χ0n) is 18.5. The number of morpholine rings is 1. The summed E-state index contributed by atoms with van der Waals surface area (Å²) in [5, 5.41) is 18.2. The molecule has 4 heterocycles. The average molecular weight is 441 g/mol. The Morgan fingerprint density at radius 3 is 2.88 bits per heavy atom. The number of halogens is 1. The van der Waals surface area contributed by atoms with Crippen LogP contribution in [0.1, 0.15) is 29.3 Å². The van der Waals surface area contributed by atoms with Gasteiger partial charge in [-0.3, -0.25) is 0 Å². The molecule has 2 fully saturated rings. The molecule has 1 aromatic carbocycles. The van der Waals surface area contributed by atoms with Gasteiger partial charge in [-0.2, -0.15) is 5.10 Å². The van der Waals surface area contributed by atoms with E-state index in [4.69, 9.17) is 4.74 Å². The van der Waals surface area contributed by atoms with Crippen LogP contribution < -0.4 is 10.2 Å². The van der Waals surface area contributed by atoms with Gasteiger partial charge in [0.1, 0.15) is 17.8 Å². The van der Waals surface area contributed by atoms with Crippen molar-refractivity contribution in [2.24, 2.45) is 0 Å². The molecule has 2 saturated heterocycles. The molecule has 0 amide bonds. The third kappa shape index (κ3) is 3.96. The number of benzene rings is 1. The van der Waals surface area contributed by atoms with Crippen LogP contribution in [0.15, 0.2) is 24.4 Å². The van der Waals surface area contributed by atoms with Crippen LogP contribution in [-0.4, -0.2) is 76.5 Å². The molecule has 2 aromatic heterocycles. The minimum absolute atomic E-state index is 0.0222. The summed E-state index contributed by atoms with van der Waals surface area (Å²) in [5.74, 6) is 1.98. The third-order valence-corrected chi connectivity index (χ3v) is 6.46. The number of ether oxygens (including phenoxy) is 1. The topological polar surface area (TPSA) is 88.3 Å². The highest BCUT2D eigenvalue weighted by Gasteiger charge is 2.28. The Hall–Kier alpha value is -2.62. The van der Waals surface area contributed by atoms with E-state index in [9.17, 15) is 9.50 Å². The number of alkyl halides is 1. The van der Waals surface area contributed by atoms with Crippen LogP contribution in [0.25, 0.3) is 16.7 Å². The van der Waals surface area contributed by atoms with Crippen LogP contribution >= 0.6 is 0 Å². The molecule has 0 radical (unpaired) electrons. The average Bonchev–Trinajstić information content (AvgIpc) is 3.21. The monoisotopic (exact) mass is 440 g/mol. The van der Waals surface area contributed by atoms with Crippen molar-refractivity contribution in [2.75, 3.05) is 44.3 Å². The lowest BCUT2D eigenvalue weighted by molar-refractivity contribution is 0.00335. The second kappa shape index (κ2) is 8.73. The largest absolute Gasteiger partial charge is 0.394 e. The zero-order chi connectivity index (χ0) is 22.2. The summed E-state index contributed by atoms with van der Waals surface area (Å²) >= 11 is 0. The maximum Gasteiger partial charge on any atom is 0.159 e. The number of nitrogens with one attached hydrogen (secondary N) is 1. The van der Waals surface area contributed by atoms with Gasteiger partial charge in [-0.15, -0.1) is 0 Å². The number of nitrogens with zero attached hydrogens (tertiary/aromatic N) is 5. The number of aliphatic hydroxyl groups is 1. The van der Waals surface area contributed by atoms with Crippen molar-refractivity contribution in [1.29, 1.82) is 0 Å². The van der Waals surface area contributed by atoms with E-state index in [1.165, 1.54) is 0 Å². The van der Waals surface area contributed by atoms with E-state index >= 15 is 0 Å². The highest BCUT2D eigenvalue weighted by molar-refractivity contribution is 5.82. The van der Waals surface area contributed by atoms with Crippen molar-refractivity contribution in [3.05, 3.63) is 41.3 Å². The number of aromatic nitrogens is 4. The predicted molar refractivity (Wildman–Crippen MR) is 120 cm³/mol. The van der Waals surface area contributed by atoms with Crippen molar-refractivity contribution < 1.29 is 14.2 Å². The molecular formula is C23H29FN6O2. The maximum absolute atomic E-state index is 14.7. The fourth-order valence-corrected chi connectivity index (χ4v) is 4.80. The number of anilines is 1. The van der Waals surface area contributed by atoms with Gasteiger partial charge in [-0.05, 0) is 50.1 Å². The molecule has 2 aliphatic heterocycles. The second-order valence-corrected chi connectivity index (χ2v) is 8.69. The first-order valence-electron chi connectivity index (χ1n) is 11.2. The highest BCUT2D eigenvalue weighted by atomic mass is 19.1. The lowest BCUT2D eigenvalue weighted by Gasteiger charge is -2.33. The van der Waals surface area contributed by atoms with E-state index in [1.54, 1.807) is 0 Å². The summed E-state index contributed by atoms with van der Waals surface area (Å²) in [6.07, 6.45) is 1.48. The van der Waals surface area contributed by atoms with E-state index in [2.05, 4.69) is 37.4 Å². The van der Waals surface area contributed by atoms with Crippen molar-refractivity contribution >= 4 is 16.7 Å². The van der Waals surface area contributed by atoms with E-state index in [1.807, 2.05) is 30.8 Å². The van der Waals surface area contributed by atoms with Gasteiger partial charge in [-0.1, -0.05) is 0 Å². The van der Waals surface area contributed by atoms with Gasteiger partial charge in [0.05, 0.1) is 31.0 Å². The normalized spacial score (nSPS) is 24.2. The summed E-state index contributed by atoms with van der Waals surface area (Å²) in [7, 11) is 0. The lowest BCUT2D eigenvalue weighted by Crippen LogP contribution is -2.44. The number of aliphatic hydroxyl groups excluding tert-OH is 1. The summed E-state index contributed by atoms with van der Waals surface area (Å²) < 4.78 is 22.1. The minimum Gasteiger partial charge on any atom is -0.394 e. The number of rotatable bonds is 4. The standard InChI is InChI=1S/C23H29FN6O2/c1-14-7-16-10-26-30(21(16)8-19(14)18-3-4-25-11-20(18)24)23-9-22(27-15(2)28-23)29-5-6-32-17(12-29)13-31/h7-10,17-18,20,25,31H,3-6,11-13H2,1-2H3/t17-,18?,20?/m1/s1. The molecule has 2 aliphatic rings. The van der Waals surface area contributed by atoms with Crippen molar-refractivity contribution in [1.82, 2.24) is 25.1 Å². The Morgan fingerprint density at radius 2 is 2.06 bits per heavy atom. The third-order valence-electron chi connectivity index (χ3n) is 6.46. The molecule has 0 spiro atoms. The van der Waals surface area contributed by atoms with Gasteiger partial charge in [-0.25, -0.2) is 19.0 Å². The Labute approximate surface area is 186 Å². The van der Waals surface area contributed by atoms with Gasteiger partial charge >= 0.3 is 0 Å². The first kappa shape index (κ1) is 21.2. The van der Waals surface area contributed by atoms with E-state index < -0.39 is 6.17 Å². The Balaban J connectivity index is 1.54. The molecule has 2 unspecified atom stereocenters. The molecule has 170 valence electrons. The van der Waals surface area contributed by atoms with Crippen LogP contribution in [0.5, 0.6) is 0 Å². The van der Waals surface area contributed by atoms with Gasteiger partial charge < -0.3 is 20.1 Å². The minimum atomic E-state index is -0.898. The number of hydrogen-bond acceptors (Lipinski definition) is 7. The molecular weight excluding hydrogens is 411 g/mol. The molecule has 3 aromatic rings. The molecule has 3 atom stereocenters. The Morgan fingerprint density at radius 1 is 1.22 bits per heavy atom. The van der Waals surface area contributed by atoms with E-state index in [-0.39, 0.29) is 18.6 Å². The molecule has 0 bridgehead atoms. The van der Waals surface area contributed by atoms with E-state index in [0.29, 0.717) is 37.9 Å². The van der Waals surface area contributed by atoms with Crippen LogP contribution in [0, 0.1) is 13.8 Å². The zero-order valence-corrected chi connectivity index (χ0v) is 18.5. The molecule has 8 nitrogen and oxygen atoms in total. The summed E-state index contributed by atoms with van der Waals surface area (Å²) in [6.45, 7) is 6.91. The van der Waals surface area contributed by atoms with Crippen molar-refractivity contribution in [2.45, 2.75) is 38.5 Å². The number of piperidine rings is 1. The smallest absolute Gasteiger partial charge is 0.159 e. The van der Waals surface area contributed by atoms with E-state index in [0.717, 1.165) is 40.8 Å². The Kier molecular flexibility index (Phi) is 5.79. The number of fused-ring (bicyclic) bond motifs is 1. The molecule has 32 heavy (non-hydrogen) atoms. The fourth-order valence-electron chi connectivity index (χ4n) is 4.80. The lowest BCUT2D eigenvalue weighted by atomic mass is 9.85. The van der Waals surface area contributed by atoms with Gasteiger partial charge in [0, 0.05) is 37.0 Å². The summed E-state index contributed by atoms with van der Waals surface area (Å²) in [4.78, 5) is 11.4. The van der Waals surface area contributed by atoms with Crippen LogP contribution in [-0.2, 0) is 4.74 Å². The predicted octanol–water partition coefficient (Wildman–Crippen LogP) is 2.04. The molecule has 5 rings (SSSR count). The van der Waals surface area contributed by atoms with Crippen molar-refractivity contribution in [3.8, 4) is 5.82 Å². The molecule has 0 saturated carbocycles. The fraction of sp³-hybridized carbons (Fsp3) is 0.522. The summed E-state index contributed by atoms with van der Waals surface area (Å²) in [6, 6.07) is 6.08. The summed E-state index contributed by atoms with van der Waals surface area (Å²) in [5.41, 5.74) is 3.04. The number of hydrogen-bond donors (Lipinski definition) is 2. The quantitative estimate of drug-likeness (QED) is 0.642. The highest BCUT2D eigenvalue weighted by Crippen LogP contribution is 2.33. The first-order valence-corrected chi connectivity index (χ1v) is 11.2. The first-order chi connectivity index (χ1) is 15.5. The van der Waals surface area contributed by atoms with Gasteiger partial charge in [0.25, 0.3) is 0 Å². The maximum atomic E-state index is 14.7. The SMILES string of the molecule is Cc1nc(N2CCO[C@@H](CO)C2)cc(-n2ncc3cc(C)c(C4CCNCC4F)cc32)n1. The van der Waals surface area contributed by atoms with Gasteiger partial charge in [0.2, 0.25) is 0 Å². The van der Waals surface area contributed by atoms with Crippen molar-refractivity contribution in [3.63, 3.8) is 0 Å². The van der Waals surface area contributed by atoms with Crippen LogP contribution in [0.4, 0.5) is 10.2 Å². The molecule has 9 heteroatoms.